The molecule has 0 spiro atoms. The van der Waals surface area contributed by atoms with Crippen LogP contribution in [-0.2, 0) is 0 Å². The average Bonchev–Trinajstić information content (AvgIpc) is 2.44. The molecule has 20 heavy (non-hydrogen) atoms. The van der Waals surface area contributed by atoms with Crippen LogP contribution in [0.5, 0.6) is 0 Å². The molecule has 0 saturated carbocycles. The Morgan fingerprint density at radius 3 is 2.70 bits per heavy atom. The highest BCUT2D eigenvalue weighted by atomic mass is 79.9. The number of nitrogens with one attached hydrogen (secondary N) is 1. The van der Waals surface area contributed by atoms with Gasteiger partial charge in [-0.3, -0.25) is 9.59 Å². The van der Waals surface area contributed by atoms with Crippen LogP contribution in [-0.4, -0.2) is 21.5 Å². The molecule has 0 unspecified atom stereocenters. The molecule has 1 N–H and O–H groups in total. The number of thioether (sulfide) groups is 1. The molecule has 4 nitrogen and oxygen atoms in total. The summed E-state index contributed by atoms with van der Waals surface area (Å²) in [6.07, 6.45) is 2.72. The molecule has 0 bridgehead atoms. The molecule has 104 valence electrons. The Morgan fingerprint density at radius 1 is 1.25 bits per heavy atom. The molecule has 0 aliphatic carbocycles. The molecule has 6 heteroatoms. The fourth-order valence-electron chi connectivity index (χ4n) is 1.61. The highest BCUT2D eigenvalue weighted by Gasteiger charge is 2.05. The smallest absolute Gasteiger partial charge is 0.251 e. The van der Waals surface area contributed by atoms with Gasteiger partial charge in [-0.25, -0.2) is 4.98 Å². The molecular weight excluding hydrogens is 340 g/mol. The lowest BCUT2D eigenvalue weighted by molar-refractivity contribution is 0.0982. The van der Waals surface area contributed by atoms with Crippen molar-refractivity contribution in [1.82, 2.24) is 9.97 Å². The van der Waals surface area contributed by atoms with Crippen molar-refractivity contribution in [2.45, 2.75) is 18.0 Å². The van der Waals surface area contributed by atoms with Gasteiger partial charge in [0.2, 0.25) is 0 Å². The van der Waals surface area contributed by atoms with Crippen molar-refractivity contribution in [3.05, 3.63) is 56.9 Å². The first kappa shape index (κ1) is 15.0. The number of aromatic nitrogens is 2. The number of aromatic amines is 1. The molecule has 0 saturated heterocycles. The summed E-state index contributed by atoms with van der Waals surface area (Å²) in [5.74, 6) is 0.877. The predicted octanol–water partition coefficient (Wildman–Crippen LogP) is 3.29. The Bertz CT molecular complexity index is 640. The molecule has 1 aromatic heterocycles. The minimum Gasteiger partial charge on any atom is -0.301 e. The second-order valence-electron chi connectivity index (χ2n) is 4.12. The lowest BCUT2D eigenvalue weighted by atomic mass is 10.1. The highest BCUT2D eigenvalue weighted by Crippen LogP contribution is 2.15. The van der Waals surface area contributed by atoms with Gasteiger partial charge in [-0.05, 0) is 18.6 Å². The number of halogens is 1. The van der Waals surface area contributed by atoms with E-state index in [-0.39, 0.29) is 11.3 Å². The zero-order valence-corrected chi connectivity index (χ0v) is 13.0. The molecule has 0 fully saturated rings. The van der Waals surface area contributed by atoms with Gasteiger partial charge in [-0.1, -0.05) is 39.8 Å². The summed E-state index contributed by atoms with van der Waals surface area (Å²) >= 11 is 4.79. The van der Waals surface area contributed by atoms with Crippen molar-refractivity contribution in [2.75, 3.05) is 5.75 Å². The molecule has 1 heterocycles. The van der Waals surface area contributed by atoms with Crippen LogP contribution in [0.4, 0.5) is 0 Å². The van der Waals surface area contributed by atoms with E-state index in [1.165, 1.54) is 24.0 Å². The molecule has 0 aliphatic heterocycles. The molecular formula is C14H13BrN2O2S. The van der Waals surface area contributed by atoms with Gasteiger partial charge in [0, 0.05) is 34.5 Å². The molecule has 2 rings (SSSR count). The fraction of sp³-hybridized carbons (Fsp3) is 0.214. The summed E-state index contributed by atoms with van der Waals surface area (Å²) in [6, 6.07) is 8.73. The predicted molar refractivity (Wildman–Crippen MR) is 83.3 cm³/mol. The van der Waals surface area contributed by atoms with Gasteiger partial charge in [-0.15, -0.1) is 0 Å². The second kappa shape index (κ2) is 7.40. The van der Waals surface area contributed by atoms with Crippen LogP contribution in [0, 0.1) is 0 Å². The van der Waals surface area contributed by atoms with Crippen LogP contribution in [0.2, 0.25) is 0 Å². The first-order chi connectivity index (χ1) is 9.65. The third kappa shape index (κ3) is 4.61. The normalized spacial score (nSPS) is 10.4. The number of ketones is 1. The number of carbonyl (C=O) groups excluding carboxylic acids is 1. The summed E-state index contributed by atoms with van der Waals surface area (Å²) in [7, 11) is 0. The monoisotopic (exact) mass is 352 g/mol. The quantitative estimate of drug-likeness (QED) is 0.375. The van der Waals surface area contributed by atoms with Crippen LogP contribution >= 0.6 is 27.7 Å². The van der Waals surface area contributed by atoms with E-state index in [2.05, 4.69) is 25.9 Å². The molecule has 2 aromatic rings. The van der Waals surface area contributed by atoms with E-state index in [0.717, 1.165) is 22.2 Å². The minimum atomic E-state index is -0.159. The summed E-state index contributed by atoms with van der Waals surface area (Å²) < 4.78 is 0.962. The lowest BCUT2D eigenvalue weighted by Gasteiger charge is -2.02. The maximum Gasteiger partial charge on any atom is 0.251 e. The van der Waals surface area contributed by atoms with Crippen molar-refractivity contribution >= 4 is 33.5 Å². The summed E-state index contributed by atoms with van der Waals surface area (Å²) in [4.78, 5) is 29.7. The van der Waals surface area contributed by atoms with Crippen molar-refractivity contribution in [3.63, 3.8) is 0 Å². The number of benzene rings is 1. The topological polar surface area (TPSA) is 62.8 Å². The van der Waals surface area contributed by atoms with Gasteiger partial charge < -0.3 is 4.98 Å². The average molecular weight is 353 g/mol. The van der Waals surface area contributed by atoms with Crippen LogP contribution in [0.1, 0.15) is 23.2 Å². The van der Waals surface area contributed by atoms with Gasteiger partial charge in [0.1, 0.15) is 0 Å². The van der Waals surface area contributed by atoms with E-state index < -0.39 is 0 Å². The Hall–Kier alpha value is -1.40. The Kier molecular flexibility index (Phi) is 5.55. The number of nitrogens with zero attached hydrogens (tertiary/aromatic N) is 1. The summed E-state index contributed by atoms with van der Waals surface area (Å²) in [6.45, 7) is 0. The van der Waals surface area contributed by atoms with Gasteiger partial charge in [0.15, 0.2) is 10.9 Å². The fourth-order valence-corrected chi connectivity index (χ4v) is 2.66. The molecule has 0 atom stereocenters. The van der Waals surface area contributed by atoms with Gasteiger partial charge in [0.25, 0.3) is 5.56 Å². The maximum absolute atomic E-state index is 11.9. The second-order valence-corrected chi connectivity index (χ2v) is 6.12. The lowest BCUT2D eigenvalue weighted by Crippen LogP contribution is -2.05. The van der Waals surface area contributed by atoms with Crippen molar-refractivity contribution in [2.24, 2.45) is 0 Å². The number of hydrogen-bond acceptors (Lipinski definition) is 4. The van der Waals surface area contributed by atoms with E-state index in [4.69, 9.17) is 0 Å². The zero-order valence-electron chi connectivity index (χ0n) is 10.6. The number of rotatable bonds is 6. The SMILES string of the molecule is O=C(CCCSc1nccc(=O)[nH]1)c1ccc(Br)cc1. The van der Waals surface area contributed by atoms with Crippen LogP contribution in [0.25, 0.3) is 0 Å². The Balaban J connectivity index is 1.77. The van der Waals surface area contributed by atoms with E-state index in [1.54, 1.807) is 0 Å². The van der Waals surface area contributed by atoms with Crippen LogP contribution < -0.4 is 5.56 Å². The number of Topliss-reactive ketones (excluding diaryl/α,β-unsaturated/α-hetero) is 1. The zero-order chi connectivity index (χ0) is 14.4. The maximum atomic E-state index is 11.9. The number of hydrogen-bond donors (Lipinski definition) is 1. The number of H-pyrrole nitrogens is 1. The minimum absolute atomic E-state index is 0.132. The highest BCUT2D eigenvalue weighted by molar-refractivity contribution is 9.10. The third-order valence-corrected chi connectivity index (χ3v) is 4.10. The van der Waals surface area contributed by atoms with E-state index in [9.17, 15) is 9.59 Å². The summed E-state index contributed by atoms with van der Waals surface area (Å²) in [5.41, 5.74) is 0.567. The van der Waals surface area contributed by atoms with E-state index in [0.29, 0.717) is 11.6 Å². The standard InChI is InChI=1S/C14H13BrN2O2S/c15-11-5-3-10(4-6-11)12(18)2-1-9-20-14-16-8-7-13(19)17-14/h3-8H,1-2,9H2,(H,16,17,19). The molecule has 0 aliphatic rings. The third-order valence-electron chi connectivity index (χ3n) is 2.60. The van der Waals surface area contributed by atoms with E-state index >= 15 is 0 Å². The van der Waals surface area contributed by atoms with Crippen LogP contribution in [0.3, 0.4) is 0 Å². The van der Waals surface area contributed by atoms with Crippen molar-refractivity contribution in [1.29, 1.82) is 0 Å². The molecule has 0 radical (unpaired) electrons. The largest absolute Gasteiger partial charge is 0.301 e. The van der Waals surface area contributed by atoms with Crippen molar-refractivity contribution < 1.29 is 4.79 Å². The van der Waals surface area contributed by atoms with Gasteiger partial charge in [0.05, 0.1) is 0 Å². The molecule has 1 aromatic carbocycles. The van der Waals surface area contributed by atoms with Gasteiger partial charge >= 0.3 is 0 Å². The summed E-state index contributed by atoms with van der Waals surface area (Å²) in [5, 5.41) is 0.591. The van der Waals surface area contributed by atoms with Crippen molar-refractivity contribution in [3.8, 4) is 0 Å². The Labute approximate surface area is 129 Å². The van der Waals surface area contributed by atoms with Gasteiger partial charge in [-0.2, -0.15) is 0 Å². The number of carbonyl (C=O) groups is 1. The molecule has 0 amide bonds. The Morgan fingerprint density at radius 2 is 2.00 bits per heavy atom. The van der Waals surface area contributed by atoms with Crippen LogP contribution in [0.15, 0.2) is 51.0 Å². The first-order valence-electron chi connectivity index (χ1n) is 6.12. The first-order valence-corrected chi connectivity index (χ1v) is 7.90. The van der Waals surface area contributed by atoms with E-state index in [1.807, 2.05) is 24.3 Å².